The molecule has 0 spiro atoms. The summed E-state index contributed by atoms with van der Waals surface area (Å²) >= 11 is 5.74. The number of nitrogens with zero attached hydrogens (tertiary/aromatic N) is 1. The molecule has 0 unspecified atom stereocenters. The molecule has 0 heterocycles. The van der Waals surface area contributed by atoms with Crippen LogP contribution >= 0.6 is 11.6 Å². The molecule has 0 amide bonds. The van der Waals surface area contributed by atoms with Crippen LogP contribution in [-0.2, 0) is 9.53 Å². The Labute approximate surface area is 98.9 Å². The third-order valence-corrected chi connectivity index (χ3v) is 2.06. The molecule has 16 heavy (non-hydrogen) atoms. The number of carbonyl (C=O) groups is 1. The first-order valence-electron chi connectivity index (χ1n) is 4.72. The van der Waals surface area contributed by atoms with Crippen LogP contribution in [0.25, 0.3) is 6.08 Å². The van der Waals surface area contributed by atoms with Gasteiger partial charge in [0.15, 0.2) is 0 Å². The maximum Gasteiger partial charge on any atom is 0.330 e. The molecular formula is C12H10ClNO2. The first-order valence-corrected chi connectivity index (χ1v) is 5.09. The average Bonchev–Trinajstić information content (AvgIpc) is 2.27. The predicted molar refractivity (Wildman–Crippen MR) is 61.8 cm³/mol. The summed E-state index contributed by atoms with van der Waals surface area (Å²) < 4.78 is 4.73. The average molecular weight is 236 g/mol. The third kappa shape index (κ3) is 3.41. The Hall–Kier alpha value is -1.79. The van der Waals surface area contributed by atoms with Crippen molar-refractivity contribution in [3.8, 4) is 6.07 Å². The molecule has 0 fully saturated rings. The Morgan fingerprint density at radius 1 is 1.62 bits per heavy atom. The molecule has 0 bridgehead atoms. The van der Waals surface area contributed by atoms with Gasteiger partial charge in [-0.3, -0.25) is 0 Å². The Kier molecular flexibility index (Phi) is 4.56. The number of ether oxygens (including phenoxy) is 1. The van der Waals surface area contributed by atoms with E-state index in [1.165, 1.54) is 12.2 Å². The van der Waals surface area contributed by atoms with Gasteiger partial charge in [-0.1, -0.05) is 17.7 Å². The van der Waals surface area contributed by atoms with E-state index in [1.54, 1.807) is 25.1 Å². The Morgan fingerprint density at radius 2 is 2.38 bits per heavy atom. The second-order valence-electron chi connectivity index (χ2n) is 2.93. The fourth-order valence-corrected chi connectivity index (χ4v) is 1.29. The van der Waals surface area contributed by atoms with E-state index in [0.717, 1.165) is 0 Å². The fourth-order valence-electron chi connectivity index (χ4n) is 1.12. The third-order valence-electron chi connectivity index (χ3n) is 1.82. The zero-order valence-corrected chi connectivity index (χ0v) is 9.49. The molecule has 0 radical (unpaired) electrons. The van der Waals surface area contributed by atoms with Gasteiger partial charge in [-0.2, -0.15) is 5.26 Å². The van der Waals surface area contributed by atoms with E-state index >= 15 is 0 Å². The number of benzene rings is 1. The van der Waals surface area contributed by atoms with Crippen LogP contribution in [0.1, 0.15) is 18.1 Å². The molecule has 0 N–H and O–H groups in total. The van der Waals surface area contributed by atoms with Crippen LogP contribution in [0.4, 0.5) is 0 Å². The summed E-state index contributed by atoms with van der Waals surface area (Å²) in [5, 5.41) is 9.34. The summed E-state index contributed by atoms with van der Waals surface area (Å²) in [5.41, 5.74) is 1.06. The molecule has 0 aliphatic heterocycles. The molecule has 4 heteroatoms. The van der Waals surface area contributed by atoms with E-state index in [0.29, 0.717) is 22.8 Å². The van der Waals surface area contributed by atoms with Gasteiger partial charge < -0.3 is 4.74 Å². The predicted octanol–water partition coefficient (Wildman–Crippen LogP) is 2.79. The van der Waals surface area contributed by atoms with Gasteiger partial charge in [-0.25, -0.2) is 4.79 Å². The lowest BCUT2D eigenvalue weighted by Gasteiger charge is -1.98. The van der Waals surface area contributed by atoms with E-state index in [-0.39, 0.29) is 0 Å². The van der Waals surface area contributed by atoms with E-state index in [4.69, 9.17) is 21.6 Å². The van der Waals surface area contributed by atoms with Gasteiger partial charge in [0.05, 0.1) is 18.2 Å². The van der Waals surface area contributed by atoms with Crippen molar-refractivity contribution in [1.29, 1.82) is 5.26 Å². The monoisotopic (exact) mass is 235 g/mol. The molecule has 0 aromatic heterocycles. The van der Waals surface area contributed by atoms with Crippen molar-refractivity contribution in [3.63, 3.8) is 0 Å². The highest BCUT2D eigenvalue weighted by atomic mass is 35.5. The minimum Gasteiger partial charge on any atom is -0.463 e. The number of nitriles is 1. The molecule has 82 valence electrons. The minimum atomic E-state index is -0.429. The van der Waals surface area contributed by atoms with Gasteiger partial charge in [0, 0.05) is 11.1 Å². The van der Waals surface area contributed by atoms with Gasteiger partial charge in [-0.05, 0) is 30.7 Å². The number of esters is 1. The molecule has 0 aliphatic carbocycles. The maximum absolute atomic E-state index is 11.1. The summed E-state index contributed by atoms with van der Waals surface area (Å²) in [6, 6.07) is 6.89. The summed E-state index contributed by atoms with van der Waals surface area (Å²) in [4.78, 5) is 11.1. The summed E-state index contributed by atoms with van der Waals surface area (Å²) in [7, 11) is 0. The Morgan fingerprint density at radius 3 is 3.00 bits per heavy atom. The van der Waals surface area contributed by atoms with Crippen LogP contribution in [0.15, 0.2) is 24.3 Å². The van der Waals surface area contributed by atoms with Crippen LogP contribution in [-0.4, -0.2) is 12.6 Å². The number of halogens is 1. The zero-order valence-electron chi connectivity index (χ0n) is 8.74. The molecular weight excluding hydrogens is 226 g/mol. The van der Waals surface area contributed by atoms with Gasteiger partial charge in [-0.15, -0.1) is 0 Å². The van der Waals surface area contributed by atoms with Gasteiger partial charge in [0.1, 0.15) is 0 Å². The van der Waals surface area contributed by atoms with Crippen molar-refractivity contribution < 1.29 is 9.53 Å². The summed E-state index contributed by atoms with van der Waals surface area (Å²) in [6.45, 7) is 2.06. The zero-order chi connectivity index (χ0) is 12.0. The molecule has 3 nitrogen and oxygen atoms in total. The Bertz CT molecular complexity index is 461. The van der Waals surface area contributed by atoms with Gasteiger partial charge in [0.25, 0.3) is 0 Å². The van der Waals surface area contributed by atoms with Crippen molar-refractivity contribution >= 4 is 23.6 Å². The lowest BCUT2D eigenvalue weighted by atomic mass is 10.1. The lowest BCUT2D eigenvalue weighted by Crippen LogP contribution is -1.98. The molecule has 0 atom stereocenters. The van der Waals surface area contributed by atoms with Crippen LogP contribution in [0.5, 0.6) is 0 Å². The molecule has 1 rings (SSSR count). The van der Waals surface area contributed by atoms with Gasteiger partial charge >= 0.3 is 5.97 Å². The van der Waals surface area contributed by atoms with Crippen LogP contribution < -0.4 is 0 Å². The standard InChI is InChI=1S/C12H10ClNO2/c1-2-16-12(15)6-4-9-3-5-11(13)7-10(9)8-14/h3-7H,2H2,1H3. The second-order valence-corrected chi connectivity index (χ2v) is 3.37. The van der Waals surface area contributed by atoms with Crippen LogP contribution in [0, 0.1) is 11.3 Å². The van der Waals surface area contributed by atoms with E-state index in [2.05, 4.69) is 0 Å². The summed E-state index contributed by atoms with van der Waals surface area (Å²) in [6.07, 6.45) is 2.82. The normalized spacial score (nSPS) is 10.1. The van der Waals surface area contributed by atoms with Gasteiger partial charge in [0.2, 0.25) is 0 Å². The first kappa shape index (κ1) is 12.3. The highest BCUT2D eigenvalue weighted by molar-refractivity contribution is 6.30. The minimum absolute atomic E-state index is 0.328. The largest absolute Gasteiger partial charge is 0.463 e. The number of rotatable bonds is 3. The number of hydrogen-bond donors (Lipinski definition) is 0. The quantitative estimate of drug-likeness (QED) is 0.598. The molecule has 1 aromatic carbocycles. The van der Waals surface area contributed by atoms with E-state index in [9.17, 15) is 4.79 Å². The van der Waals surface area contributed by atoms with Crippen molar-refractivity contribution in [1.82, 2.24) is 0 Å². The first-order chi connectivity index (χ1) is 7.67. The smallest absolute Gasteiger partial charge is 0.330 e. The highest BCUT2D eigenvalue weighted by Gasteiger charge is 2.00. The molecule has 0 saturated heterocycles. The summed E-state index contributed by atoms with van der Waals surface area (Å²) in [5.74, 6) is -0.429. The van der Waals surface area contributed by atoms with Crippen molar-refractivity contribution in [2.75, 3.05) is 6.61 Å². The van der Waals surface area contributed by atoms with E-state index in [1.807, 2.05) is 6.07 Å². The van der Waals surface area contributed by atoms with Crippen LogP contribution in [0.3, 0.4) is 0 Å². The maximum atomic E-state index is 11.1. The number of hydrogen-bond acceptors (Lipinski definition) is 3. The van der Waals surface area contributed by atoms with Crippen molar-refractivity contribution in [2.24, 2.45) is 0 Å². The topological polar surface area (TPSA) is 50.1 Å². The molecule has 1 aromatic rings. The lowest BCUT2D eigenvalue weighted by molar-refractivity contribution is -0.137. The molecule has 0 saturated carbocycles. The number of carbonyl (C=O) groups excluding carboxylic acids is 1. The fraction of sp³-hybridized carbons (Fsp3) is 0.167. The SMILES string of the molecule is CCOC(=O)C=Cc1ccc(Cl)cc1C#N. The van der Waals surface area contributed by atoms with E-state index < -0.39 is 5.97 Å². The highest BCUT2D eigenvalue weighted by Crippen LogP contribution is 2.16. The van der Waals surface area contributed by atoms with Crippen molar-refractivity contribution in [3.05, 3.63) is 40.4 Å². The van der Waals surface area contributed by atoms with Crippen molar-refractivity contribution in [2.45, 2.75) is 6.92 Å². The van der Waals surface area contributed by atoms with Crippen LogP contribution in [0.2, 0.25) is 5.02 Å². The Balaban J connectivity index is 2.89. The second kappa shape index (κ2) is 5.94. The molecule has 0 aliphatic rings.